The van der Waals surface area contributed by atoms with Gasteiger partial charge in [0.25, 0.3) is 0 Å². The zero-order valence-electron chi connectivity index (χ0n) is 9.22. The number of anilines is 1. The highest BCUT2D eigenvalue weighted by Gasteiger charge is 2.06. The Labute approximate surface area is 94.8 Å². The number of pyridine rings is 1. The van der Waals surface area contributed by atoms with Crippen molar-refractivity contribution < 1.29 is 8.42 Å². The van der Waals surface area contributed by atoms with Crippen molar-refractivity contribution in [1.82, 2.24) is 4.57 Å². The van der Waals surface area contributed by atoms with Crippen molar-refractivity contribution in [3.63, 3.8) is 0 Å². The summed E-state index contributed by atoms with van der Waals surface area (Å²) in [6.45, 7) is 2.18. The highest BCUT2D eigenvalue weighted by atomic mass is 32.2. The number of rotatable bonds is 5. The van der Waals surface area contributed by atoms with E-state index in [1.54, 1.807) is 17.7 Å². The number of nitrogens with zero attached hydrogens (tertiary/aromatic N) is 1. The second-order valence-corrected chi connectivity index (χ2v) is 6.06. The fourth-order valence-corrected chi connectivity index (χ4v) is 2.15. The molecule has 0 radical (unpaired) electrons. The Morgan fingerprint density at radius 2 is 2.12 bits per heavy atom. The van der Waals surface area contributed by atoms with Crippen molar-refractivity contribution in [2.24, 2.45) is 0 Å². The van der Waals surface area contributed by atoms with E-state index in [9.17, 15) is 13.2 Å². The topological polar surface area (TPSA) is 82.2 Å². The van der Waals surface area contributed by atoms with Gasteiger partial charge in [-0.2, -0.15) is 0 Å². The molecule has 1 aromatic rings. The van der Waals surface area contributed by atoms with Crippen LogP contribution in [0.3, 0.4) is 0 Å². The summed E-state index contributed by atoms with van der Waals surface area (Å²) in [5.41, 5.74) is 5.42. The van der Waals surface area contributed by atoms with Gasteiger partial charge in [0, 0.05) is 30.8 Å². The summed E-state index contributed by atoms with van der Waals surface area (Å²) in [4.78, 5) is 11.0. The molecule has 5 nitrogen and oxygen atoms in total. The summed E-state index contributed by atoms with van der Waals surface area (Å²) in [6.07, 6.45) is 3.66. The largest absolute Gasteiger partial charge is 0.394 e. The summed E-state index contributed by atoms with van der Waals surface area (Å²) in [5, 5.41) is 0. The van der Waals surface area contributed by atoms with Gasteiger partial charge < -0.3 is 10.3 Å². The number of hydrogen-bond acceptors (Lipinski definition) is 4. The number of aryl methyl sites for hydroxylation is 1. The van der Waals surface area contributed by atoms with Crippen molar-refractivity contribution in [3.8, 4) is 0 Å². The molecule has 0 fully saturated rings. The molecule has 90 valence electrons. The molecule has 0 saturated heterocycles. The minimum atomic E-state index is -2.91. The van der Waals surface area contributed by atoms with Gasteiger partial charge >= 0.3 is 0 Å². The molecule has 0 saturated carbocycles. The molecular weight excluding hydrogens is 228 g/mol. The van der Waals surface area contributed by atoms with Crippen LogP contribution in [-0.4, -0.2) is 24.5 Å². The molecule has 0 aliphatic carbocycles. The van der Waals surface area contributed by atoms with Crippen molar-refractivity contribution >= 4 is 15.5 Å². The molecule has 1 aromatic heterocycles. The Morgan fingerprint density at radius 3 is 2.69 bits per heavy atom. The number of nitrogens with two attached hydrogens (primary N) is 1. The molecule has 0 unspecified atom stereocenters. The van der Waals surface area contributed by atoms with Crippen LogP contribution in [0.2, 0.25) is 0 Å². The zero-order chi connectivity index (χ0) is 12.2. The predicted molar refractivity (Wildman–Crippen MR) is 64.1 cm³/mol. The minimum Gasteiger partial charge on any atom is -0.394 e. The van der Waals surface area contributed by atoms with E-state index >= 15 is 0 Å². The molecule has 0 amide bonds. The highest BCUT2D eigenvalue weighted by molar-refractivity contribution is 7.91. The van der Waals surface area contributed by atoms with E-state index in [2.05, 4.69) is 0 Å². The summed E-state index contributed by atoms with van der Waals surface area (Å²) in [6, 6.07) is 1.38. The fourth-order valence-electron chi connectivity index (χ4n) is 1.30. The first-order valence-electron chi connectivity index (χ1n) is 5.10. The molecule has 0 aliphatic rings. The van der Waals surface area contributed by atoms with Crippen LogP contribution in [-0.2, 0) is 16.4 Å². The standard InChI is InChI=1S/C10H16N2O3S/c1-2-16(14,15)7-3-5-12-6-4-10(13)9(11)8-12/h4,6,8H,2-3,5,7,11H2,1H3. The highest BCUT2D eigenvalue weighted by Crippen LogP contribution is 1.99. The molecule has 0 bridgehead atoms. The average molecular weight is 244 g/mol. The molecule has 2 N–H and O–H groups in total. The van der Waals surface area contributed by atoms with Crippen LogP contribution in [0.5, 0.6) is 0 Å². The SMILES string of the molecule is CCS(=O)(=O)CCCn1ccc(=O)c(N)c1. The minimum absolute atomic E-state index is 0.162. The monoisotopic (exact) mass is 244 g/mol. The van der Waals surface area contributed by atoms with Gasteiger partial charge in [-0.3, -0.25) is 4.79 Å². The van der Waals surface area contributed by atoms with Crippen LogP contribution >= 0.6 is 0 Å². The Morgan fingerprint density at radius 1 is 1.44 bits per heavy atom. The molecule has 6 heteroatoms. The lowest BCUT2D eigenvalue weighted by atomic mass is 10.4. The first kappa shape index (κ1) is 12.8. The van der Waals surface area contributed by atoms with Crippen molar-refractivity contribution in [3.05, 3.63) is 28.7 Å². The van der Waals surface area contributed by atoms with Crippen molar-refractivity contribution in [1.29, 1.82) is 0 Å². The molecule has 0 aromatic carbocycles. The molecular formula is C10H16N2O3S. The Hall–Kier alpha value is -1.30. The van der Waals surface area contributed by atoms with E-state index in [0.717, 1.165) is 0 Å². The fraction of sp³-hybridized carbons (Fsp3) is 0.500. The normalized spacial score (nSPS) is 11.6. The number of sulfone groups is 1. The lowest BCUT2D eigenvalue weighted by Crippen LogP contribution is -2.14. The third kappa shape index (κ3) is 3.69. The lowest BCUT2D eigenvalue weighted by molar-refractivity contribution is 0.587. The van der Waals surface area contributed by atoms with Crippen LogP contribution in [0.25, 0.3) is 0 Å². The first-order chi connectivity index (χ1) is 7.44. The molecule has 1 rings (SSSR count). The van der Waals surface area contributed by atoms with Crippen LogP contribution in [0.15, 0.2) is 23.3 Å². The van der Waals surface area contributed by atoms with E-state index in [1.807, 2.05) is 0 Å². The number of nitrogen functional groups attached to an aromatic ring is 1. The summed E-state index contributed by atoms with van der Waals surface area (Å²) in [5.74, 6) is 0.328. The maximum absolute atomic E-state index is 11.2. The second kappa shape index (κ2) is 5.16. The smallest absolute Gasteiger partial charge is 0.204 e. The number of hydrogen-bond donors (Lipinski definition) is 1. The third-order valence-electron chi connectivity index (χ3n) is 2.32. The molecule has 0 aliphatic heterocycles. The van der Waals surface area contributed by atoms with Gasteiger partial charge in [-0.15, -0.1) is 0 Å². The van der Waals surface area contributed by atoms with E-state index in [4.69, 9.17) is 5.73 Å². The number of aromatic nitrogens is 1. The van der Waals surface area contributed by atoms with E-state index in [1.165, 1.54) is 12.3 Å². The van der Waals surface area contributed by atoms with Crippen LogP contribution in [0.4, 0.5) is 5.69 Å². The quantitative estimate of drug-likeness (QED) is 0.805. The lowest BCUT2D eigenvalue weighted by Gasteiger charge is -2.06. The molecule has 0 atom stereocenters. The molecule has 0 spiro atoms. The molecule has 16 heavy (non-hydrogen) atoms. The Balaban J connectivity index is 2.56. The summed E-state index contributed by atoms with van der Waals surface area (Å²) >= 11 is 0. The van der Waals surface area contributed by atoms with E-state index in [0.29, 0.717) is 13.0 Å². The zero-order valence-corrected chi connectivity index (χ0v) is 10.0. The van der Waals surface area contributed by atoms with Gasteiger partial charge in [0.2, 0.25) is 5.43 Å². The van der Waals surface area contributed by atoms with Crippen LogP contribution in [0, 0.1) is 0 Å². The van der Waals surface area contributed by atoms with Gasteiger partial charge in [0.05, 0.1) is 11.4 Å². The average Bonchev–Trinajstić information content (AvgIpc) is 2.23. The van der Waals surface area contributed by atoms with Gasteiger partial charge in [-0.25, -0.2) is 8.42 Å². The Bertz CT molecular complexity index is 505. The van der Waals surface area contributed by atoms with Gasteiger partial charge in [-0.1, -0.05) is 6.92 Å². The van der Waals surface area contributed by atoms with Gasteiger partial charge in [-0.05, 0) is 6.42 Å². The van der Waals surface area contributed by atoms with E-state index < -0.39 is 9.84 Å². The van der Waals surface area contributed by atoms with E-state index in [-0.39, 0.29) is 22.6 Å². The van der Waals surface area contributed by atoms with Crippen LogP contribution in [0.1, 0.15) is 13.3 Å². The summed E-state index contributed by atoms with van der Waals surface area (Å²) in [7, 11) is -2.91. The van der Waals surface area contributed by atoms with Crippen LogP contribution < -0.4 is 11.2 Å². The predicted octanol–water partition coefficient (Wildman–Crippen LogP) is 0.255. The maximum Gasteiger partial charge on any atom is 0.204 e. The third-order valence-corrected chi connectivity index (χ3v) is 4.11. The first-order valence-corrected chi connectivity index (χ1v) is 6.93. The summed E-state index contributed by atoms with van der Waals surface area (Å²) < 4.78 is 24.2. The van der Waals surface area contributed by atoms with Crippen molar-refractivity contribution in [2.75, 3.05) is 17.2 Å². The van der Waals surface area contributed by atoms with Gasteiger partial charge in [0.15, 0.2) is 0 Å². The van der Waals surface area contributed by atoms with Crippen molar-refractivity contribution in [2.45, 2.75) is 19.9 Å². The van der Waals surface area contributed by atoms with Gasteiger partial charge in [0.1, 0.15) is 9.84 Å². The second-order valence-electron chi connectivity index (χ2n) is 3.59. The molecule has 1 heterocycles. The Kier molecular flexibility index (Phi) is 4.12. The maximum atomic E-state index is 11.2.